The summed E-state index contributed by atoms with van der Waals surface area (Å²) in [6.07, 6.45) is 0. The topological polar surface area (TPSA) is 101 Å². The second-order valence-corrected chi connectivity index (χ2v) is 6.62. The number of hydrogen-bond donors (Lipinski definition) is 2. The Balaban J connectivity index is 1.70. The molecule has 0 bridgehead atoms. The molecule has 0 radical (unpaired) electrons. The zero-order valence-corrected chi connectivity index (χ0v) is 15.1. The fourth-order valence-electron chi connectivity index (χ4n) is 2.50. The molecular formula is C19H15N3O4S. The molecule has 3 aromatic rings. The number of nitro groups is 1. The molecule has 1 aromatic heterocycles. The van der Waals surface area contributed by atoms with Gasteiger partial charge in [-0.25, -0.2) is 0 Å². The van der Waals surface area contributed by atoms with Crippen molar-refractivity contribution in [3.63, 3.8) is 0 Å². The second-order valence-electron chi connectivity index (χ2n) is 5.67. The molecular weight excluding hydrogens is 366 g/mol. The third kappa shape index (κ3) is 4.18. The molecule has 2 N–H and O–H groups in total. The van der Waals surface area contributed by atoms with Crippen LogP contribution in [0.5, 0.6) is 0 Å². The molecule has 2 amide bonds. The monoisotopic (exact) mass is 381 g/mol. The number of anilines is 2. The SMILES string of the molecule is Cc1c(C(=O)Nc2ccc(NC(=O)c3cccs3)cc2)cccc1[N+](=O)[O-]. The summed E-state index contributed by atoms with van der Waals surface area (Å²) < 4.78 is 0. The van der Waals surface area contributed by atoms with E-state index in [1.54, 1.807) is 36.4 Å². The van der Waals surface area contributed by atoms with Gasteiger partial charge in [0.15, 0.2) is 0 Å². The summed E-state index contributed by atoms with van der Waals surface area (Å²) in [5.41, 5.74) is 1.55. The van der Waals surface area contributed by atoms with E-state index in [0.29, 0.717) is 21.8 Å². The lowest BCUT2D eigenvalue weighted by Crippen LogP contribution is -2.14. The molecule has 0 fully saturated rings. The van der Waals surface area contributed by atoms with Crippen molar-refractivity contribution in [2.45, 2.75) is 6.92 Å². The Bertz CT molecular complexity index is 998. The van der Waals surface area contributed by atoms with Gasteiger partial charge in [-0.1, -0.05) is 12.1 Å². The van der Waals surface area contributed by atoms with Crippen molar-refractivity contribution in [3.8, 4) is 0 Å². The molecule has 0 aliphatic heterocycles. The van der Waals surface area contributed by atoms with Gasteiger partial charge in [0.05, 0.1) is 9.80 Å². The number of amides is 2. The first-order valence-electron chi connectivity index (χ1n) is 7.96. The maximum Gasteiger partial charge on any atom is 0.273 e. The van der Waals surface area contributed by atoms with Crippen molar-refractivity contribution >= 4 is 40.2 Å². The molecule has 27 heavy (non-hydrogen) atoms. The first-order chi connectivity index (χ1) is 13.0. The van der Waals surface area contributed by atoms with Gasteiger partial charge in [0, 0.05) is 28.6 Å². The van der Waals surface area contributed by atoms with Crippen LogP contribution in [0.2, 0.25) is 0 Å². The number of hydrogen-bond acceptors (Lipinski definition) is 5. The van der Waals surface area contributed by atoms with E-state index in [0.717, 1.165) is 0 Å². The summed E-state index contributed by atoms with van der Waals surface area (Å²) >= 11 is 1.35. The predicted octanol–water partition coefficient (Wildman–Crippen LogP) is 4.47. The summed E-state index contributed by atoms with van der Waals surface area (Å²) in [6, 6.07) is 14.5. The molecule has 7 nitrogen and oxygen atoms in total. The van der Waals surface area contributed by atoms with Crippen molar-refractivity contribution in [2.24, 2.45) is 0 Å². The van der Waals surface area contributed by atoms with Crippen LogP contribution < -0.4 is 10.6 Å². The van der Waals surface area contributed by atoms with E-state index in [4.69, 9.17) is 0 Å². The van der Waals surface area contributed by atoms with Crippen molar-refractivity contribution in [1.29, 1.82) is 0 Å². The van der Waals surface area contributed by atoms with Crippen molar-refractivity contribution < 1.29 is 14.5 Å². The number of carbonyl (C=O) groups is 2. The van der Waals surface area contributed by atoms with Crippen LogP contribution in [0.15, 0.2) is 60.0 Å². The van der Waals surface area contributed by atoms with Gasteiger partial charge in [-0.2, -0.15) is 0 Å². The van der Waals surface area contributed by atoms with Crippen molar-refractivity contribution in [2.75, 3.05) is 10.6 Å². The fourth-order valence-corrected chi connectivity index (χ4v) is 3.12. The minimum Gasteiger partial charge on any atom is -0.322 e. The average Bonchev–Trinajstić information content (AvgIpc) is 3.18. The Morgan fingerprint density at radius 2 is 1.56 bits per heavy atom. The zero-order chi connectivity index (χ0) is 19.4. The van der Waals surface area contributed by atoms with Crippen molar-refractivity contribution in [1.82, 2.24) is 0 Å². The molecule has 0 spiro atoms. The van der Waals surface area contributed by atoms with Crippen LogP contribution in [0.25, 0.3) is 0 Å². The summed E-state index contributed by atoms with van der Waals surface area (Å²) in [7, 11) is 0. The fraction of sp³-hybridized carbons (Fsp3) is 0.0526. The maximum atomic E-state index is 12.4. The van der Waals surface area contributed by atoms with Crippen molar-refractivity contribution in [3.05, 3.63) is 86.1 Å². The normalized spacial score (nSPS) is 10.3. The Labute approximate surface area is 158 Å². The van der Waals surface area contributed by atoms with E-state index in [-0.39, 0.29) is 17.2 Å². The van der Waals surface area contributed by atoms with Gasteiger partial charge in [0.25, 0.3) is 17.5 Å². The minimum absolute atomic E-state index is 0.103. The Kier molecular flexibility index (Phi) is 5.28. The lowest BCUT2D eigenvalue weighted by atomic mass is 10.1. The van der Waals surface area contributed by atoms with Crippen LogP contribution in [0.1, 0.15) is 25.6 Å². The van der Waals surface area contributed by atoms with E-state index in [1.165, 1.54) is 36.5 Å². The van der Waals surface area contributed by atoms with Gasteiger partial charge in [0.2, 0.25) is 0 Å². The number of nitro benzene ring substituents is 1. The van der Waals surface area contributed by atoms with E-state index in [1.807, 2.05) is 5.38 Å². The first kappa shape index (κ1) is 18.3. The largest absolute Gasteiger partial charge is 0.322 e. The van der Waals surface area contributed by atoms with E-state index >= 15 is 0 Å². The summed E-state index contributed by atoms with van der Waals surface area (Å²) in [5.74, 6) is -0.638. The molecule has 1 heterocycles. The summed E-state index contributed by atoms with van der Waals surface area (Å²) in [6.45, 7) is 1.54. The van der Waals surface area contributed by atoms with Crippen LogP contribution in [0, 0.1) is 17.0 Å². The van der Waals surface area contributed by atoms with Gasteiger partial charge >= 0.3 is 0 Å². The highest BCUT2D eigenvalue weighted by molar-refractivity contribution is 7.12. The van der Waals surface area contributed by atoms with Gasteiger partial charge in [-0.05, 0) is 48.7 Å². The van der Waals surface area contributed by atoms with Crippen LogP contribution in [0.4, 0.5) is 17.1 Å². The van der Waals surface area contributed by atoms with Crippen LogP contribution in [-0.2, 0) is 0 Å². The van der Waals surface area contributed by atoms with Gasteiger partial charge < -0.3 is 10.6 Å². The highest BCUT2D eigenvalue weighted by atomic mass is 32.1. The number of thiophene rings is 1. The number of nitrogens with one attached hydrogen (secondary N) is 2. The Hall–Kier alpha value is -3.52. The quantitative estimate of drug-likeness (QED) is 0.503. The molecule has 3 rings (SSSR count). The van der Waals surface area contributed by atoms with Crippen LogP contribution in [0.3, 0.4) is 0 Å². The zero-order valence-electron chi connectivity index (χ0n) is 14.3. The first-order valence-corrected chi connectivity index (χ1v) is 8.84. The van der Waals surface area contributed by atoms with Gasteiger partial charge in [-0.3, -0.25) is 19.7 Å². The highest BCUT2D eigenvalue weighted by Crippen LogP contribution is 2.22. The molecule has 0 aliphatic rings. The lowest BCUT2D eigenvalue weighted by Gasteiger charge is -2.09. The summed E-state index contributed by atoms with van der Waals surface area (Å²) in [5, 5.41) is 18.3. The molecule has 2 aromatic carbocycles. The molecule has 0 unspecified atom stereocenters. The summed E-state index contributed by atoms with van der Waals surface area (Å²) in [4.78, 5) is 35.5. The number of benzene rings is 2. The predicted molar refractivity (Wildman–Crippen MR) is 105 cm³/mol. The van der Waals surface area contributed by atoms with Gasteiger partial charge in [-0.15, -0.1) is 11.3 Å². The third-order valence-corrected chi connectivity index (χ3v) is 4.76. The van der Waals surface area contributed by atoms with E-state index < -0.39 is 10.8 Å². The van der Waals surface area contributed by atoms with E-state index in [2.05, 4.69) is 10.6 Å². The molecule has 0 atom stereocenters. The Morgan fingerprint density at radius 1 is 0.926 bits per heavy atom. The smallest absolute Gasteiger partial charge is 0.273 e. The third-order valence-electron chi connectivity index (χ3n) is 3.89. The number of carbonyl (C=O) groups excluding carboxylic acids is 2. The average molecular weight is 381 g/mol. The molecule has 0 saturated heterocycles. The minimum atomic E-state index is -0.517. The van der Waals surface area contributed by atoms with Gasteiger partial charge in [0.1, 0.15) is 0 Å². The van der Waals surface area contributed by atoms with Crippen LogP contribution >= 0.6 is 11.3 Å². The molecule has 0 aliphatic carbocycles. The Morgan fingerprint density at radius 3 is 2.11 bits per heavy atom. The molecule has 136 valence electrons. The standard InChI is InChI=1S/C19H15N3O4S/c1-12-15(4-2-5-16(12)22(25)26)18(23)20-13-7-9-14(10-8-13)21-19(24)17-6-3-11-27-17/h2-11H,1H3,(H,20,23)(H,21,24). The lowest BCUT2D eigenvalue weighted by molar-refractivity contribution is -0.385. The molecule has 0 saturated carbocycles. The highest BCUT2D eigenvalue weighted by Gasteiger charge is 2.18. The maximum absolute atomic E-state index is 12.4. The number of nitrogens with zero attached hydrogens (tertiary/aromatic N) is 1. The van der Waals surface area contributed by atoms with Crippen LogP contribution in [-0.4, -0.2) is 16.7 Å². The molecule has 8 heteroatoms. The van der Waals surface area contributed by atoms with E-state index in [9.17, 15) is 19.7 Å². The number of rotatable bonds is 5. The second kappa shape index (κ2) is 7.79.